The molecule has 0 atom stereocenters. The molecule has 94 valence electrons. The van der Waals surface area contributed by atoms with E-state index in [-0.39, 0.29) is 0 Å². The minimum Gasteiger partial charge on any atom is -0.805 e. The second-order valence-electron chi connectivity index (χ2n) is 4.20. The molecule has 1 heterocycles. The Bertz CT molecular complexity index is 660. The van der Waals surface area contributed by atoms with Crippen LogP contribution in [0.5, 0.6) is 0 Å². The van der Waals surface area contributed by atoms with Crippen molar-refractivity contribution in [1.29, 1.82) is 0 Å². The monoisotopic (exact) mass is 264 g/mol. The molecule has 0 unspecified atom stereocenters. The van der Waals surface area contributed by atoms with E-state index in [0.29, 0.717) is 33.4 Å². The summed E-state index contributed by atoms with van der Waals surface area (Å²) in [4.78, 5) is 12.2. The Balaban J connectivity index is 2.80. The summed E-state index contributed by atoms with van der Waals surface area (Å²) in [6, 6.07) is 6.85. The van der Waals surface area contributed by atoms with E-state index in [1.165, 1.54) is 0 Å². The summed E-state index contributed by atoms with van der Waals surface area (Å²) in [7, 11) is 0. The zero-order chi connectivity index (χ0) is 13.4. The Hall–Kier alpha value is -1.81. The number of rotatable bonds is 1. The van der Waals surface area contributed by atoms with Crippen LogP contribution in [0.3, 0.4) is 0 Å². The first-order valence-corrected chi connectivity index (χ1v) is 5.90. The van der Waals surface area contributed by atoms with Gasteiger partial charge in [-0.05, 0) is 38.1 Å². The van der Waals surface area contributed by atoms with Crippen molar-refractivity contribution in [2.45, 2.75) is 20.8 Å². The summed E-state index contributed by atoms with van der Waals surface area (Å²) in [6.07, 6.45) is 0. The highest BCUT2D eigenvalue weighted by Gasteiger charge is 2.21. The number of aromatic nitrogens is 2. The molecule has 0 saturated heterocycles. The molecule has 0 aliphatic rings. The van der Waals surface area contributed by atoms with Gasteiger partial charge in [0.05, 0.1) is 21.4 Å². The largest absolute Gasteiger partial charge is 0.805 e. The average Bonchev–Trinajstić information content (AvgIpc) is 2.36. The van der Waals surface area contributed by atoms with Gasteiger partial charge in [-0.2, -0.15) is 0 Å². The number of halogens is 1. The van der Waals surface area contributed by atoms with Gasteiger partial charge in [-0.3, -0.25) is 0 Å². The van der Waals surface area contributed by atoms with Gasteiger partial charge in [-0.25, -0.2) is 0 Å². The molecule has 2 rings (SSSR count). The maximum Gasteiger partial charge on any atom is 0.288 e. The highest BCUT2D eigenvalue weighted by atomic mass is 35.5. The molecule has 0 aliphatic heterocycles. The molecule has 18 heavy (non-hydrogen) atoms. The summed E-state index contributed by atoms with van der Waals surface area (Å²) in [5.74, 6) is 0. The molecule has 4 nitrogen and oxygen atoms in total. The third kappa shape index (κ3) is 1.88. The highest BCUT2D eigenvalue weighted by molar-refractivity contribution is 6.30. The van der Waals surface area contributed by atoms with E-state index in [1.807, 2.05) is 0 Å². The van der Waals surface area contributed by atoms with Crippen molar-refractivity contribution in [2.24, 2.45) is 0 Å². The third-order valence-corrected chi connectivity index (χ3v) is 3.35. The molecule has 0 bridgehead atoms. The predicted molar refractivity (Wildman–Crippen MR) is 71.2 cm³/mol. The molecular formula is C13H13ClN2O2. The van der Waals surface area contributed by atoms with E-state index in [0.717, 1.165) is 9.16 Å². The minimum atomic E-state index is 0.366. The molecule has 1 aromatic carbocycles. The number of nitrogens with zero attached hydrogens (tertiary/aromatic N) is 2. The first kappa shape index (κ1) is 12.6. The fraction of sp³-hybridized carbons (Fsp3) is 0.231. The molecule has 0 amide bonds. The predicted octanol–water partition coefficient (Wildman–Crippen LogP) is 2.99. The van der Waals surface area contributed by atoms with Crippen LogP contribution < -0.4 is 4.43 Å². The Morgan fingerprint density at radius 3 is 2.22 bits per heavy atom. The fourth-order valence-corrected chi connectivity index (χ4v) is 2.02. The van der Waals surface area contributed by atoms with Crippen molar-refractivity contribution >= 4 is 11.6 Å². The van der Waals surface area contributed by atoms with Gasteiger partial charge in [0, 0.05) is 16.9 Å². The van der Waals surface area contributed by atoms with E-state index in [2.05, 4.69) is 0 Å². The molecule has 0 aliphatic carbocycles. The first-order chi connectivity index (χ1) is 8.43. The molecule has 0 fully saturated rings. The molecule has 2 aromatic rings. The van der Waals surface area contributed by atoms with Crippen molar-refractivity contribution in [3.63, 3.8) is 0 Å². The van der Waals surface area contributed by atoms with Crippen LogP contribution in [0.1, 0.15) is 17.1 Å². The van der Waals surface area contributed by atoms with Crippen LogP contribution in [0.15, 0.2) is 24.3 Å². The normalized spacial score (nSPS) is 10.7. The summed E-state index contributed by atoms with van der Waals surface area (Å²) >= 11 is 5.81. The van der Waals surface area contributed by atoms with Crippen LogP contribution in [0.25, 0.3) is 11.3 Å². The number of hydrogen-bond acceptors (Lipinski definition) is 2. The van der Waals surface area contributed by atoms with E-state index < -0.39 is 0 Å². The maximum atomic E-state index is 12.2. The second-order valence-corrected chi connectivity index (χ2v) is 4.64. The van der Waals surface area contributed by atoms with Crippen molar-refractivity contribution in [3.8, 4) is 11.3 Å². The van der Waals surface area contributed by atoms with Crippen LogP contribution in [-0.4, -0.2) is 4.73 Å². The Labute approximate surface area is 110 Å². The quantitative estimate of drug-likeness (QED) is 0.744. The average molecular weight is 265 g/mol. The van der Waals surface area contributed by atoms with Crippen molar-refractivity contribution in [2.75, 3.05) is 0 Å². The van der Waals surface area contributed by atoms with Gasteiger partial charge < -0.3 is 9.94 Å². The van der Waals surface area contributed by atoms with Gasteiger partial charge in [0.1, 0.15) is 0 Å². The minimum absolute atomic E-state index is 0.366. The zero-order valence-corrected chi connectivity index (χ0v) is 11.2. The zero-order valence-electron chi connectivity index (χ0n) is 10.4. The van der Waals surface area contributed by atoms with Crippen LogP contribution in [0, 0.1) is 30.9 Å². The maximum absolute atomic E-state index is 12.2. The lowest BCUT2D eigenvalue weighted by Gasteiger charge is -2.18. The standard InChI is InChI=1S/C13H13ClN2O2/c1-8-9(2)16(18)13(10(3)15(8)17)11-4-6-12(14)7-5-11/h4-7H,1-3H3. The van der Waals surface area contributed by atoms with E-state index >= 15 is 0 Å². The van der Waals surface area contributed by atoms with Gasteiger partial charge in [0.25, 0.3) is 11.4 Å². The molecule has 0 N–H and O–H groups in total. The summed E-state index contributed by atoms with van der Waals surface area (Å²) < 4.78 is 1.58. The van der Waals surface area contributed by atoms with Gasteiger partial charge in [-0.15, -0.1) is 0 Å². The third-order valence-electron chi connectivity index (χ3n) is 3.10. The fourth-order valence-electron chi connectivity index (χ4n) is 1.89. The van der Waals surface area contributed by atoms with Gasteiger partial charge in [0.2, 0.25) is 0 Å². The van der Waals surface area contributed by atoms with Gasteiger partial charge in [-0.1, -0.05) is 11.6 Å². The lowest BCUT2D eigenvalue weighted by Crippen LogP contribution is -2.28. The smallest absolute Gasteiger partial charge is 0.288 e. The van der Waals surface area contributed by atoms with Crippen LogP contribution in [-0.2, 0) is 0 Å². The van der Waals surface area contributed by atoms with E-state index in [9.17, 15) is 10.1 Å². The van der Waals surface area contributed by atoms with Crippen LogP contribution in [0.2, 0.25) is 5.02 Å². The molecular weight excluding hydrogens is 252 g/mol. The molecule has 0 spiro atoms. The van der Waals surface area contributed by atoms with Crippen LogP contribution >= 0.6 is 11.6 Å². The number of benzene rings is 1. The number of hydrogen-bond donors (Lipinski definition) is 0. The molecule has 5 heteroatoms. The topological polar surface area (TPSA) is 51.0 Å². The first-order valence-electron chi connectivity index (χ1n) is 5.52. The summed E-state index contributed by atoms with van der Waals surface area (Å²) in [5, 5.41) is 12.5. The summed E-state index contributed by atoms with van der Waals surface area (Å²) in [5.41, 5.74) is 2.25. The molecule has 0 radical (unpaired) electrons. The Morgan fingerprint density at radius 2 is 1.67 bits per heavy atom. The summed E-state index contributed by atoms with van der Waals surface area (Å²) in [6.45, 7) is 4.91. The van der Waals surface area contributed by atoms with Crippen LogP contribution in [0.4, 0.5) is 0 Å². The van der Waals surface area contributed by atoms with Gasteiger partial charge in [0.15, 0.2) is 0 Å². The Morgan fingerprint density at radius 1 is 1.11 bits per heavy atom. The molecule has 1 aromatic heterocycles. The highest BCUT2D eigenvalue weighted by Crippen LogP contribution is 2.22. The Kier molecular flexibility index (Phi) is 3.13. The second kappa shape index (κ2) is 4.46. The van der Waals surface area contributed by atoms with E-state index in [4.69, 9.17) is 11.6 Å². The van der Waals surface area contributed by atoms with Gasteiger partial charge >= 0.3 is 0 Å². The van der Waals surface area contributed by atoms with Crippen molar-refractivity contribution < 1.29 is 4.43 Å². The SMILES string of the molecule is Cc1c(C)[n+](=O)c(-c2ccc(Cl)cc2)c(C)n1[O-]. The lowest BCUT2D eigenvalue weighted by atomic mass is 10.1. The van der Waals surface area contributed by atoms with E-state index in [1.54, 1.807) is 45.0 Å². The van der Waals surface area contributed by atoms with Crippen molar-refractivity contribution in [1.82, 2.24) is 4.73 Å². The lowest BCUT2D eigenvalue weighted by molar-refractivity contribution is -0.492. The molecule has 0 saturated carbocycles. The van der Waals surface area contributed by atoms with Crippen molar-refractivity contribution in [3.05, 3.63) is 56.5 Å².